The molecule has 7 nitrogen and oxygen atoms in total. The first-order chi connectivity index (χ1) is 13.1. The number of carbonyl (C=O) groups excluding carboxylic acids is 2. The summed E-state index contributed by atoms with van der Waals surface area (Å²) in [6.07, 6.45) is 0. The fourth-order valence-electron chi connectivity index (χ4n) is 2.99. The van der Waals surface area contributed by atoms with E-state index < -0.39 is 0 Å². The van der Waals surface area contributed by atoms with Crippen LogP contribution >= 0.6 is 12.4 Å². The van der Waals surface area contributed by atoms with Crippen molar-refractivity contribution in [3.8, 4) is 5.75 Å². The van der Waals surface area contributed by atoms with Crippen LogP contribution in [0.5, 0.6) is 5.75 Å². The number of carbonyl (C=O) groups is 2. The Labute approximate surface area is 170 Å². The van der Waals surface area contributed by atoms with E-state index in [4.69, 9.17) is 4.74 Å². The second-order valence-electron chi connectivity index (χ2n) is 6.16. The molecular formula is C20H25ClN4O3. The molecular weight excluding hydrogens is 380 g/mol. The minimum absolute atomic E-state index is 0. The molecule has 0 radical (unpaired) electrons. The van der Waals surface area contributed by atoms with Gasteiger partial charge in [0.15, 0.2) is 0 Å². The summed E-state index contributed by atoms with van der Waals surface area (Å²) in [6.45, 7) is 4.66. The largest absolute Gasteiger partial charge is 0.495 e. The molecule has 8 heteroatoms. The number of anilines is 2. The van der Waals surface area contributed by atoms with Gasteiger partial charge in [-0.05, 0) is 36.4 Å². The zero-order chi connectivity index (χ0) is 19.2. The number of nitrogens with one attached hydrogen (secondary N) is 3. The molecule has 3 N–H and O–H groups in total. The number of hydrogen-bond acceptors (Lipinski definition) is 4. The average Bonchev–Trinajstić information content (AvgIpc) is 3.12. The van der Waals surface area contributed by atoms with Crippen LogP contribution in [0.25, 0.3) is 0 Å². The molecule has 0 aromatic heterocycles. The maximum absolute atomic E-state index is 12.8. The minimum atomic E-state index is -0.234. The van der Waals surface area contributed by atoms with E-state index in [1.165, 1.54) is 0 Å². The molecule has 0 aliphatic carbocycles. The normalized spacial score (nSPS) is 12.9. The van der Waals surface area contributed by atoms with Gasteiger partial charge in [0.25, 0.3) is 5.91 Å². The van der Waals surface area contributed by atoms with Gasteiger partial charge in [-0.25, -0.2) is 4.79 Å². The molecule has 2 aromatic rings. The molecule has 1 saturated heterocycles. The standard InChI is InChI=1S/C20H24N4O3.ClH/c1-3-21-13-15-6-4-5-7-16(15)23-19(25)14-8-9-18(27-2)17(12-14)24-11-10-22-20(24)26;/h4-9,12,21H,3,10-11,13H2,1-2H3,(H,22,26)(H,23,25);1H. The molecule has 28 heavy (non-hydrogen) atoms. The highest BCUT2D eigenvalue weighted by atomic mass is 35.5. The molecule has 1 aliphatic heterocycles. The third kappa shape index (κ3) is 4.74. The van der Waals surface area contributed by atoms with Crippen LogP contribution in [-0.4, -0.2) is 38.7 Å². The lowest BCUT2D eigenvalue weighted by molar-refractivity contribution is 0.102. The summed E-state index contributed by atoms with van der Waals surface area (Å²) in [5, 5.41) is 8.99. The molecule has 1 heterocycles. The number of hydrogen-bond donors (Lipinski definition) is 3. The molecule has 0 atom stereocenters. The van der Waals surface area contributed by atoms with Crippen LogP contribution in [0.1, 0.15) is 22.8 Å². The van der Waals surface area contributed by atoms with Gasteiger partial charge in [-0.15, -0.1) is 12.4 Å². The number of para-hydroxylation sites is 1. The molecule has 1 fully saturated rings. The van der Waals surface area contributed by atoms with Crippen LogP contribution in [0.3, 0.4) is 0 Å². The Bertz CT molecular complexity index is 844. The monoisotopic (exact) mass is 404 g/mol. The number of methoxy groups -OCH3 is 1. The first-order valence-electron chi connectivity index (χ1n) is 8.97. The van der Waals surface area contributed by atoms with Crippen molar-refractivity contribution >= 4 is 35.7 Å². The van der Waals surface area contributed by atoms with Crippen molar-refractivity contribution in [1.29, 1.82) is 0 Å². The molecule has 3 rings (SSSR count). The minimum Gasteiger partial charge on any atom is -0.495 e. The maximum Gasteiger partial charge on any atom is 0.322 e. The maximum atomic E-state index is 12.8. The average molecular weight is 405 g/mol. The van der Waals surface area contributed by atoms with E-state index in [9.17, 15) is 9.59 Å². The Morgan fingerprint density at radius 2 is 2.04 bits per heavy atom. The molecule has 0 unspecified atom stereocenters. The van der Waals surface area contributed by atoms with Crippen LogP contribution in [-0.2, 0) is 6.54 Å². The van der Waals surface area contributed by atoms with Gasteiger partial charge < -0.3 is 20.7 Å². The second-order valence-corrected chi connectivity index (χ2v) is 6.16. The van der Waals surface area contributed by atoms with Gasteiger partial charge in [-0.2, -0.15) is 0 Å². The number of benzene rings is 2. The van der Waals surface area contributed by atoms with Gasteiger partial charge in [0.05, 0.1) is 12.8 Å². The van der Waals surface area contributed by atoms with E-state index in [1.54, 1.807) is 30.2 Å². The van der Waals surface area contributed by atoms with Gasteiger partial charge in [-0.1, -0.05) is 25.1 Å². The number of amides is 3. The predicted octanol–water partition coefficient (Wildman–Crippen LogP) is 3.01. The highest BCUT2D eigenvalue weighted by Crippen LogP contribution is 2.31. The van der Waals surface area contributed by atoms with Crippen molar-refractivity contribution in [2.45, 2.75) is 13.5 Å². The number of nitrogens with zero attached hydrogens (tertiary/aromatic N) is 1. The molecule has 0 spiro atoms. The van der Waals surface area contributed by atoms with Crippen LogP contribution in [0.2, 0.25) is 0 Å². The summed E-state index contributed by atoms with van der Waals surface area (Å²) in [5.74, 6) is 0.318. The summed E-state index contributed by atoms with van der Waals surface area (Å²) in [4.78, 5) is 26.4. The zero-order valence-corrected chi connectivity index (χ0v) is 16.8. The SMILES string of the molecule is CCNCc1ccccc1NC(=O)c1ccc(OC)c(N2CCNC2=O)c1.Cl. The highest BCUT2D eigenvalue weighted by molar-refractivity contribution is 6.06. The smallest absolute Gasteiger partial charge is 0.322 e. The lowest BCUT2D eigenvalue weighted by Gasteiger charge is -2.19. The lowest BCUT2D eigenvalue weighted by atomic mass is 10.1. The first kappa shape index (κ1) is 21.5. The van der Waals surface area contributed by atoms with Crippen molar-refractivity contribution in [2.75, 3.05) is 37.0 Å². The van der Waals surface area contributed by atoms with E-state index in [2.05, 4.69) is 16.0 Å². The Morgan fingerprint density at radius 1 is 1.25 bits per heavy atom. The Hall–Kier alpha value is -2.77. The summed E-state index contributed by atoms with van der Waals surface area (Å²) in [7, 11) is 1.55. The topological polar surface area (TPSA) is 82.7 Å². The third-order valence-corrected chi connectivity index (χ3v) is 4.42. The van der Waals surface area contributed by atoms with Crippen LogP contribution < -0.4 is 25.6 Å². The summed E-state index contributed by atoms with van der Waals surface area (Å²) >= 11 is 0. The molecule has 0 bridgehead atoms. The molecule has 0 saturated carbocycles. The van der Waals surface area contributed by atoms with Crippen LogP contribution in [0.4, 0.5) is 16.2 Å². The van der Waals surface area contributed by atoms with E-state index in [0.29, 0.717) is 36.6 Å². The summed E-state index contributed by atoms with van der Waals surface area (Å²) in [6, 6.07) is 12.6. The van der Waals surface area contributed by atoms with Crippen molar-refractivity contribution in [3.63, 3.8) is 0 Å². The van der Waals surface area contributed by atoms with Crippen LogP contribution in [0.15, 0.2) is 42.5 Å². The van der Waals surface area contributed by atoms with Crippen molar-refractivity contribution in [1.82, 2.24) is 10.6 Å². The van der Waals surface area contributed by atoms with Crippen molar-refractivity contribution < 1.29 is 14.3 Å². The van der Waals surface area contributed by atoms with Gasteiger partial charge in [0, 0.05) is 30.9 Å². The Morgan fingerprint density at radius 3 is 2.71 bits per heavy atom. The zero-order valence-electron chi connectivity index (χ0n) is 16.0. The Kier molecular flexibility index (Phi) is 7.66. The summed E-state index contributed by atoms with van der Waals surface area (Å²) < 4.78 is 5.36. The van der Waals surface area contributed by atoms with Gasteiger partial charge >= 0.3 is 6.03 Å². The number of rotatable bonds is 7. The van der Waals surface area contributed by atoms with E-state index in [-0.39, 0.29) is 24.3 Å². The van der Waals surface area contributed by atoms with Crippen molar-refractivity contribution in [3.05, 3.63) is 53.6 Å². The number of ether oxygens (including phenoxy) is 1. The molecule has 1 aliphatic rings. The van der Waals surface area contributed by atoms with E-state index >= 15 is 0 Å². The lowest BCUT2D eigenvalue weighted by Crippen LogP contribution is -2.28. The van der Waals surface area contributed by atoms with Gasteiger partial charge in [0.2, 0.25) is 0 Å². The summed E-state index contributed by atoms with van der Waals surface area (Å²) in [5.41, 5.74) is 2.82. The highest BCUT2D eigenvalue weighted by Gasteiger charge is 2.25. The molecule has 3 amide bonds. The van der Waals surface area contributed by atoms with Crippen LogP contribution in [0, 0.1) is 0 Å². The van der Waals surface area contributed by atoms with E-state index in [0.717, 1.165) is 17.8 Å². The van der Waals surface area contributed by atoms with Crippen molar-refractivity contribution in [2.24, 2.45) is 0 Å². The number of halogens is 1. The number of urea groups is 1. The quantitative estimate of drug-likeness (QED) is 0.662. The predicted molar refractivity (Wildman–Crippen MR) is 113 cm³/mol. The molecule has 150 valence electrons. The molecule has 2 aromatic carbocycles. The fourth-order valence-corrected chi connectivity index (χ4v) is 2.99. The van der Waals surface area contributed by atoms with Gasteiger partial charge in [0.1, 0.15) is 5.75 Å². The van der Waals surface area contributed by atoms with E-state index in [1.807, 2.05) is 31.2 Å². The van der Waals surface area contributed by atoms with Gasteiger partial charge in [-0.3, -0.25) is 9.69 Å². The second kappa shape index (κ2) is 9.96. The first-order valence-corrected chi connectivity index (χ1v) is 8.97. The third-order valence-electron chi connectivity index (χ3n) is 4.42. The fraction of sp³-hybridized carbons (Fsp3) is 0.300. The Balaban J connectivity index is 0.00000280.